The Morgan fingerprint density at radius 1 is 0.844 bits per heavy atom. The summed E-state index contributed by atoms with van der Waals surface area (Å²) in [5.74, 6) is -1.02. The average molecular weight is 431 g/mol. The Kier molecular flexibility index (Phi) is 6.40. The standard InChI is InChI=1S/C26H22FNO4/c27-21-13-9-19(10-14-21)25(30)20-11-15-22(16-12-20)32-26(31)24(18-6-2-1-3-7-18)28-17-5-4-8-23(28)29/h1-3,6-7,9-16,24H,4-5,8,17H2. The maximum atomic E-state index is 13.1. The number of hydrogen-bond donors (Lipinski definition) is 0. The van der Waals surface area contributed by atoms with Crippen LogP contribution in [-0.4, -0.2) is 29.1 Å². The number of carbonyl (C=O) groups excluding carboxylic acids is 3. The number of rotatable bonds is 6. The molecule has 1 atom stereocenters. The van der Waals surface area contributed by atoms with Crippen molar-refractivity contribution >= 4 is 17.7 Å². The summed E-state index contributed by atoms with van der Waals surface area (Å²) < 4.78 is 18.7. The van der Waals surface area contributed by atoms with Crippen LogP contribution < -0.4 is 4.74 Å². The van der Waals surface area contributed by atoms with E-state index in [2.05, 4.69) is 0 Å². The van der Waals surface area contributed by atoms with Crippen LogP contribution in [0.15, 0.2) is 78.9 Å². The van der Waals surface area contributed by atoms with Gasteiger partial charge in [0.25, 0.3) is 0 Å². The molecule has 0 radical (unpaired) electrons. The highest BCUT2D eigenvalue weighted by molar-refractivity contribution is 6.09. The van der Waals surface area contributed by atoms with E-state index in [0.717, 1.165) is 12.8 Å². The van der Waals surface area contributed by atoms with Crippen LogP contribution in [0, 0.1) is 5.82 Å². The zero-order chi connectivity index (χ0) is 22.5. The number of piperidine rings is 1. The number of nitrogens with zero attached hydrogens (tertiary/aromatic N) is 1. The van der Waals surface area contributed by atoms with Gasteiger partial charge in [0.1, 0.15) is 11.6 Å². The van der Waals surface area contributed by atoms with Gasteiger partial charge in [0.05, 0.1) is 0 Å². The largest absolute Gasteiger partial charge is 0.425 e. The van der Waals surface area contributed by atoms with E-state index in [1.54, 1.807) is 29.2 Å². The predicted molar refractivity (Wildman–Crippen MR) is 117 cm³/mol. The van der Waals surface area contributed by atoms with Crippen LogP contribution in [0.2, 0.25) is 0 Å². The minimum absolute atomic E-state index is 0.0673. The number of hydrogen-bond acceptors (Lipinski definition) is 4. The van der Waals surface area contributed by atoms with Crippen LogP contribution >= 0.6 is 0 Å². The Morgan fingerprint density at radius 3 is 2.09 bits per heavy atom. The number of likely N-dealkylation sites (tertiary alicyclic amines) is 1. The quantitative estimate of drug-likeness (QED) is 0.322. The lowest BCUT2D eigenvalue weighted by Gasteiger charge is -2.33. The van der Waals surface area contributed by atoms with Gasteiger partial charge in [-0.1, -0.05) is 30.3 Å². The highest BCUT2D eigenvalue weighted by atomic mass is 19.1. The number of esters is 1. The third kappa shape index (κ3) is 4.75. The summed E-state index contributed by atoms with van der Waals surface area (Å²) >= 11 is 0. The van der Waals surface area contributed by atoms with E-state index < -0.39 is 17.8 Å². The van der Waals surface area contributed by atoms with Crippen molar-refractivity contribution in [2.75, 3.05) is 6.54 Å². The Hall–Kier alpha value is -3.80. The molecule has 162 valence electrons. The average Bonchev–Trinajstić information content (AvgIpc) is 2.82. The van der Waals surface area contributed by atoms with E-state index in [1.807, 2.05) is 18.2 Å². The van der Waals surface area contributed by atoms with Crippen LogP contribution in [0.1, 0.15) is 46.8 Å². The molecule has 6 heteroatoms. The Balaban J connectivity index is 1.52. The van der Waals surface area contributed by atoms with E-state index in [4.69, 9.17) is 4.74 Å². The van der Waals surface area contributed by atoms with E-state index in [9.17, 15) is 18.8 Å². The summed E-state index contributed by atoms with van der Waals surface area (Å²) in [7, 11) is 0. The lowest BCUT2D eigenvalue weighted by molar-refractivity contribution is -0.150. The molecule has 3 aromatic rings. The zero-order valence-electron chi connectivity index (χ0n) is 17.4. The van der Waals surface area contributed by atoms with Crippen molar-refractivity contribution in [2.45, 2.75) is 25.3 Å². The molecule has 1 amide bonds. The Morgan fingerprint density at radius 2 is 1.47 bits per heavy atom. The fourth-order valence-corrected chi connectivity index (χ4v) is 3.79. The molecule has 3 aromatic carbocycles. The number of ether oxygens (including phenoxy) is 1. The van der Waals surface area contributed by atoms with Gasteiger partial charge in [0.15, 0.2) is 11.8 Å². The lowest BCUT2D eigenvalue weighted by atomic mass is 10.0. The van der Waals surface area contributed by atoms with E-state index in [-0.39, 0.29) is 17.4 Å². The van der Waals surface area contributed by atoms with Gasteiger partial charge in [-0.05, 0) is 66.9 Å². The van der Waals surface area contributed by atoms with E-state index in [0.29, 0.717) is 29.7 Å². The van der Waals surface area contributed by atoms with Crippen molar-refractivity contribution in [3.63, 3.8) is 0 Å². The zero-order valence-corrected chi connectivity index (χ0v) is 17.4. The first-order valence-electron chi connectivity index (χ1n) is 10.5. The highest BCUT2D eigenvalue weighted by Crippen LogP contribution is 2.28. The summed E-state index contributed by atoms with van der Waals surface area (Å²) in [6.07, 6.45) is 2.06. The summed E-state index contributed by atoms with van der Waals surface area (Å²) in [4.78, 5) is 39.7. The molecule has 0 spiro atoms. The maximum absolute atomic E-state index is 13.1. The molecule has 32 heavy (non-hydrogen) atoms. The summed E-state index contributed by atoms with van der Waals surface area (Å²) in [5, 5.41) is 0. The first kappa shape index (κ1) is 21.4. The molecule has 0 aliphatic carbocycles. The number of carbonyl (C=O) groups is 3. The molecule has 1 unspecified atom stereocenters. The van der Waals surface area contributed by atoms with Crippen molar-refractivity contribution in [3.05, 3.63) is 101 Å². The number of benzene rings is 3. The molecular weight excluding hydrogens is 409 g/mol. The summed E-state index contributed by atoms with van der Waals surface area (Å²) in [5.41, 5.74) is 1.45. The second kappa shape index (κ2) is 9.56. The third-order valence-corrected chi connectivity index (χ3v) is 5.45. The van der Waals surface area contributed by atoms with Crippen LogP contribution in [0.4, 0.5) is 4.39 Å². The molecule has 0 aromatic heterocycles. The van der Waals surface area contributed by atoms with Gasteiger partial charge in [0, 0.05) is 24.1 Å². The van der Waals surface area contributed by atoms with Gasteiger partial charge in [-0.2, -0.15) is 0 Å². The smallest absolute Gasteiger partial charge is 0.338 e. The SMILES string of the molecule is O=C(c1ccc(F)cc1)c1ccc(OC(=O)C(c2ccccc2)N2CCCCC2=O)cc1. The van der Waals surface area contributed by atoms with Gasteiger partial charge in [-0.25, -0.2) is 9.18 Å². The molecule has 0 saturated carbocycles. The Labute approximate surface area is 185 Å². The number of ketones is 1. The minimum Gasteiger partial charge on any atom is -0.425 e. The van der Waals surface area contributed by atoms with Crippen molar-refractivity contribution in [2.24, 2.45) is 0 Å². The molecule has 4 rings (SSSR count). The van der Waals surface area contributed by atoms with Crippen LogP contribution in [0.5, 0.6) is 5.75 Å². The fraction of sp³-hybridized carbons (Fsp3) is 0.192. The molecule has 1 aliphatic rings. The van der Waals surface area contributed by atoms with Crippen LogP contribution in [-0.2, 0) is 9.59 Å². The number of halogens is 1. The first-order valence-corrected chi connectivity index (χ1v) is 10.5. The van der Waals surface area contributed by atoms with Gasteiger partial charge in [0.2, 0.25) is 5.91 Å². The first-order chi connectivity index (χ1) is 15.5. The minimum atomic E-state index is -0.829. The Bertz CT molecular complexity index is 1110. The molecule has 0 N–H and O–H groups in total. The molecule has 1 aliphatic heterocycles. The lowest BCUT2D eigenvalue weighted by Crippen LogP contribution is -2.43. The number of amides is 1. The molecular formula is C26H22FNO4. The van der Waals surface area contributed by atoms with Gasteiger partial charge in [-0.3, -0.25) is 9.59 Å². The fourth-order valence-electron chi connectivity index (χ4n) is 3.79. The van der Waals surface area contributed by atoms with Crippen LogP contribution in [0.25, 0.3) is 0 Å². The molecule has 1 heterocycles. The van der Waals surface area contributed by atoms with Gasteiger partial charge < -0.3 is 9.64 Å². The van der Waals surface area contributed by atoms with Gasteiger partial charge >= 0.3 is 5.97 Å². The molecule has 1 saturated heterocycles. The highest BCUT2D eigenvalue weighted by Gasteiger charge is 2.34. The molecule has 0 bridgehead atoms. The van der Waals surface area contributed by atoms with Crippen molar-refractivity contribution in [1.82, 2.24) is 4.90 Å². The van der Waals surface area contributed by atoms with Crippen LogP contribution in [0.3, 0.4) is 0 Å². The van der Waals surface area contributed by atoms with E-state index >= 15 is 0 Å². The van der Waals surface area contributed by atoms with Crippen molar-refractivity contribution < 1.29 is 23.5 Å². The maximum Gasteiger partial charge on any atom is 0.338 e. The topological polar surface area (TPSA) is 63.7 Å². The normalized spacial score (nSPS) is 14.7. The predicted octanol–water partition coefficient (Wildman–Crippen LogP) is 4.72. The summed E-state index contributed by atoms with van der Waals surface area (Å²) in [6.45, 7) is 0.499. The van der Waals surface area contributed by atoms with E-state index in [1.165, 1.54) is 36.4 Å². The molecule has 1 fully saturated rings. The second-order valence-corrected chi connectivity index (χ2v) is 7.64. The third-order valence-electron chi connectivity index (χ3n) is 5.45. The van der Waals surface area contributed by atoms with Gasteiger partial charge in [-0.15, -0.1) is 0 Å². The molecule has 5 nitrogen and oxygen atoms in total. The summed E-state index contributed by atoms with van der Waals surface area (Å²) in [6, 6.07) is 19.8. The van der Waals surface area contributed by atoms with Crippen molar-refractivity contribution in [1.29, 1.82) is 0 Å². The second-order valence-electron chi connectivity index (χ2n) is 7.64. The monoisotopic (exact) mass is 431 g/mol. The van der Waals surface area contributed by atoms with Crippen molar-refractivity contribution in [3.8, 4) is 5.75 Å².